The van der Waals surface area contributed by atoms with Crippen LogP contribution in [0.4, 0.5) is 11.4 Å². The standard InChI is InChI=1S/C15H16N2O8/c1-9(25-15(19)13-8-23-5-6-24-13)14(18)16-11-7-10(17(20)21)3-4-12(11)22-2/h3-4,7-9H,5-6H2,1-2H3,(H,16,18). The third-order valence-corrected chi connectivity index (χ3v) is 3.16. The Balaban J connectivity index is 2.05. The van der Waals surface area contributed by atoms with Gasteiger partial charge in [0.05, 0.1) is 17.7 Å². The van der Waals surface area contributed by atoms with Crippen LogP contribution in [-0.2, 0) is 23.8 Å². The number of esters is 1. The number of nitro benzene ring substituents is 1. The minimum Gasteiger partial charge on any atom is -0.495 e. The van der Waals surface area contributed by atoms with Crippen LogP contribution in [0.25, 0.3) is 0 Å². The average Bonchev–Trinajstić information content (AvgIpc) is 2.62. The van der Waals surface area contributed by atoms with Gasteiger partial charge in [-0.15, -0.1) is 0 Å². The Morgan fingerprint density at radius 2 is 2.12 bits per heavy atom. The number of rotatable bonds is 6. The van der Waals surface area contributed by atoms with Crippen LogP contribution in [-0.4, -0.2) is 43.2 Å². The number of methoxy groups -OCH3 is 1. The number of ether oxygens (including phenoxy) is 4. The van der Waals surface area contributed by atoms with Crippen LogP contribution in [0, 0.1) is 10.1 Å². The summed E-state index contributed by atoms with van der Waals surface area (Å²) in [6, 6.07) is 3.74. The van der Waals surface area contributed by atoms with Gasteiger partial charge >= 0.3 is 5.97 Å². The number of hydrogen-bond acceptors (Lipinski definition) is 8. The lowest BCUT2D eigenvalue weighted by Crippen LogP contribution is -2.31. The number of non-ortho nitro benzene ring substituents is 1. The van der Waals surface area contributed by atoms with Crippen LogP contribution in [0.2, 0.25) is 0 Å². The summed E-state index contributed by atoms with van der Waals surface area (Å²) in [4.78, 5) is 34.3. The van der Waals surface area contributed by atoms with Gasteiger partial charge in [-0.1, -0.05) is 0 Å². The van der Waals surface area contributed by atoms with E-state index in [9.17, 15) is 19.7 Å². The van der Waals surface area contributed by atoms with Crippen molar-refractivity contribution in [3.8, 4) is 5.75 Å². The smallest absolute Gasteiger partial charge is 0.377 e. The van der Waals surface area contributed by atoms with E-state index in [1.807, 2.05) is 0 Å². The highest BCUT2D eigenvalue weighted by Crippen LogP contribution is 2.29. The van der Waals surface area contributed by atoms with Crippen LogP contribution in [0.3, 0.4) is 0 Å². The molecule has 25 heavy (non-hydrogen) atoms. The van der Waals surface area contributed by atoms with Crippen molar-refractivity contribution < 1.29 is 33.5 Å². The molecule has 134 valence electrons. The molecule has 0 aromatic heterocycles. The molecule has 10 heteroatoms. The van der Waals surface area contributed by atoms with Crippen molar-refractivity contribution in [3.63, 3.8) is 0 Å². The third-order valence-electron chi connectivity index (χ3n) is 3.16. The van der Waals surface area contributed by atoms with E-state index in [4.69, 9.17) is 18.9 Å². The molecule has 1 heterocycles. The number of anilines is 1. The highest BCUT2D eigenvalue weighted by atomic mass is 16.6. The second-order valence-electron chi connectivity index (χ2n) is 4.88. The van der Waals surface area contributed by atoms with Gasteiger partial charge in [0, 0.05) is 12.1 Å². The van der Waals surface area contributed by atoms with Gasteiger partial charge in [-0.3, -0.25) is 14.9 Å². The molecule has 0 radical (unpaired) electrons. The molecule has 0 fully saturated rings. The van der Waals surface area contributed by atoms with Gasteiger partial charge in [-0.2, -0.15) is 0 Å². The molecule has 2 rings (SSSR count). The summed E-state index contributed by atoms with van der Waals surface area (Å²) in [6.45, 7) is 1.87. The van der Waals surface area contributed by atoms with Gasteiger partial charge in [0.2, 0.25) is 5.76 Å². The summed E-state index contributed by atoms with van der Waals surface area (Å²) in [5.41, 5.74) is -0.139. The highest BCUT2D eigenvalue weighted by molar-refractivity contribution is 5.97. The molecule has 0 saturated heterocycles. The topological polar surface area (TPSA) is 126 Å². The molecule has 1 aromatic carbocycles. The normalized spacial score (nSPS) is 14.2. The number of nitro groups is 1. The van der Waals surface area contributed by atoms with Crippen molar-refractivity contribution in [2.45, 2.75) is 13.0 Å². The summed E-state index contributed by atoms with van der Waals surface area (Å²) in [7, 11) is 1.35. The predicted molar refractivity (Wildman–Crippen MR) is 83.8 cm³/mol. The second kappa shape index (κ2) is 7.99. The van der Waals surface area contributed by atoms with Crippen molar-refractivity contribution in [1.82, 2.24) is 0 Å². The Kier molecular flexibility index (Phi) is 5.77. The van der Waals surface area contributed by atoms with Gasteiger partial charge in [0.15, 0.2) is 6.10 Å². The minimum atomic E-state index is -1.18. The number of carbonyl (C=O) groups excluding carboxylic acids is 2. The van der Waals surface area contributed by atoms with Gasteiger partial charge in [-0.25, -0.2) is 4.79 Å². The fourth-order valence-corrected chi connectivity index (χ4v) is 1.89. The van der Waals surface area contributed by atoms with Crippen molar-refractivity contribution in [2.24, 2.45) is 0 Å². The van der Waals surface area contributed by atoms with E-state index in [1.165, 1.54) is 26.2 Å². The molecule has 1 N–H and O–H groups in total. The Morgan fingerprint density at radius 1 is 1.36 bits per heavy atom. The van der Waals surface area contributed by atoms with Gasteiger partial charge in [0.1, 0.15) is 25.2 Å². The Hall–Kier alpha value is -3.30. The molecule has 1 aliphatic rings. The number of nitrogens with one attached hydrogen (secondary N) is 1. The van der Waals surface area contributed by atoms with E-state index < -0.39 is 22.9 Å². The molecule has 0 saturated carbocycles. The molecule has 1 atom stereocenters. The van der Waals surface area contributed by atoms with Crippen LogP contribution in [0.15, 0.2) is 30.2 Å². The minimum absolute atomic E-state index is 0.0843. The molecule has 0 aliphatic carbocycles. The second-order valence-corrected chi connectivity index (χ2v) is 4.88. The molecular formula is C15H16N2O8. The van der Waals surface area contributed by atoms with E-state index in [-0.39, 0.29) is 29.5 Å². The Bertz CT molecular complexity index is 715. The summed E-state index contributed by atoms with van der Waals surface area (Å²) >= 11 is 0. The Labute approximate surface area is 142 Å². The zero-order valence-electron chi connectivity index (χ0n) is 13.5. The number of amides is 1. The number of benzene rings is 1. The first-order chi connectivity index (χ1) is 11.9. The summed E-state index contributed by atoms with van der Waals surface area (Å²) in [5, 5.41) is 13.3. The van der Waals surface area contributed by atoms with E-state index in [0.717, 1.165) is 12.3 Å². The van der Waals surface area contributed by atoms with Crippen molar-refractivity contribution in [2.75, 3.05) is 25.6 Å². The van der Waals surface area contributed by atoms with Crippen molar-refractivity contribution in [1.29, 1.82) is 0 Å². The summed E-state index contributed by atoms with van der Waals surface area (Å²) in [6.07, 6.45) is -0.0667. The van der Waals surface area contributed by atoms with Crippen LogP contribution in [0.5, 0.6) is 5.75 Å². The molecule has 0 spiro atoms. The van der Waals surface area contributed by atoms with Gasteiger partial charge < -0.3 is 24.3 Å². The Morgan fingerprint density at radius 3 is 2.72 bits per heavy atom. The fourth-order valence-electron chi connectivity index (χ4n) is 1.89. The van der Waals surface area contributed by atoms with Crippen LogP contribution in [0.1, 0.15) is 6.92 Å². The monoisotopic (exact) mass is 352 g/mol. The lowest BCUT2D eigenvalue weighted by Gasteiger charge is -2.18. The maximum Gasteiger partial charge on any atom is 0.377 e. The molecule has 1 aliphatic heterocycles. The lowest BCUT2D eigenvalue weighted by molar-refractivity contribution is -0.384. The number of carbonyl (C=O) groups is 2. The van der Waals surface area contributed by atoms with E-state index >= 15 is 0 Å². The first kappa shape index (κ1) is 18.0. The van der Waals surface area contributed by atoms with Crippen LogP contribution < -0.4 is 10.1 Å². The van der Waals surface area contributed by atoms with Crippen LogP contribution >= 0.6 is 0 Å². The first-order valence-corrected chi connectivity index (χ1v) is 7.21. The molecule has 10 nitrogen and oxygen atoms in total. The van der Waals surface area contributed by atoms with Crippen molar-refractivity contribution in [3.05, 3.63) is 40.3 Å². The summed E-state index contributed by atoms with van der Waals surface area (Å²) in [5.74, 6) is -1.46. The average molecular weight is 352 g/mol. The first-order valence-electron chi connectivity index (χ1n) is 7.21. The quantitative estimate of drug-likeness (QED) is 0.462. The largest absolute Gasteiger partial charge is 0.495 e. The zero-order valence-corrected chi connectivity index (χ0v) is 13.5. The third kappa shape index (κ3) is 4.59. The number of nitrogens with zero attached hydrogens (tertiary/aromatic N) is 1. The maximum atomic E-state index is 12.2. The molecule has 1 aromatic rings. The van der Waals surface area contributed by atoms with E-state index in [1.54, 1.807) is 0 Å². The van der Waals surface area contributed by atoms with E-state index in [2.05, 4.69) is 5.32 Å². The highest BCUT2D eigenvalue weighted by Gasteiger charge is 2.24. The fraction of sp³-hybridized carbons (Fsp3) is 0.333. The zero-order chi connectivity index (χ0) is 18.4. The van der Waals surface area contributed by atoms with Gasteiger partial charge in [0.25, 0.3) is 11.6 Å². The summed E-state index contributed by atoms with van der Waals surface area (Å²) < 4.78 is 20.0. The van der Waals surface area contributed by atoms with Gasteiger partial charge in [-0.05, 0) is 13.0 Å². The van der Waals surface area contributed by atoms with Crippen molar-refractivity contribution >= 4 is 23.3 Å². The molecular weight excluding hydrogens is 336 g/mol. The predicted octanol–water partition coefficient (Wildman–Crippen LogP) is 1.36. The SMILES string of the molecule is COc1ccc([N+](=O)[O-])cc1NC(=O)C(C)OC(=O)C1=COCCO1. The molecule has 1 amide bonds. The lowest BCUT2D eigenvalue weighted by atomic mass is 10.2. The van der Waals surface area contributed by atoms with E-state index in [0.29, 0.717) is 6.61 Å². The molecule has 1 unspecified atom stereocenters. The number of hydrogen-bond donors (Lipinski definition) is 1. The molecule has 0 bridgehead atoms. The maximum absolute atomic E-state index is 12.2.